The van der Waals surface area contributed by atoms with Crippen LogP contribution >= 0.6 is 0 Å². The van der Waals surface area contributed by atoms with E-state index in [2.05, 4.69) is 38.7 Å². The number of aromatic nitrogens is 1. The largest absolute Gasteiger partial charge is 0.495 e. The highest BCUT2D eigenvalue weighted by atomic mass is 16.5. The fourth-order valence-corrected chi connectivity index (χ4v) is 9.61. The van der Waals surface area contributed by atoms with Crippen LogP contribution in [-0.2, 0) is 6.42 Å². The van der Waals surface area contributed by atoms with E-state index < -0.39 is 5.60 Å². The molecule has 1 N–H and O–H groups in total. The first kappa shape index (κ1) is 22.7. The van der Waals surface area contributed by atoms with Gasteiger partial charge < -0.3 is 9.84 Å². The van der Waals surface area contributed by atoms with E-state index in [-0.39, 0.29) is 0 Å². The van der Waals surface area contributed by atoms with Crippen molar-refractivity contribution in [3.63, 3.8) is 0 Å². The summed E-state index contributed by atoms with van der Waals surface area (Å²) in [4.78, 5) is 4.40. The van der Waals surface area contributed by atoms with Crippen molar-refractivity contribution < 1.29 is 9.84 Å². The van der Waals surface area contributed by atoms with E-state index in [0.29, 0.717) is 16.7 Å². The first-order valence-corrected chi connectivity index (χ1v) is 13.4. The Hall–Kier alpha value is -1.09. The summed E-state index contributed by atoms with van der Waals surface area (Å²) >= 11 is 0. The minimum atomic E-state index is -0.428. The molecule has 1 aromatic rings. The van der Waals surface area contributed by atoms with Gasteiger partial charge in [0, 0.05) is 6.20 Å². The molecule has 32 heavy (non-hydrogen) atoms. The lowest BCUT2D eigenvalue weighted by molar-refractivity contribution is -0.147. The van der Waals surface area contributed by atoms with Crippen LogP contribution in [0.15, 0.2) is 18.5 Å². The Morgan fingerprint density at radius 1 is 1.00 bits per heavy atom. The first-order valence-electron chi connectivity index (χ1n) is 13.4. The van der Waals surface area contributed by atoms with Gasteiger partial charge in [-0.2, -0.15) is 0 Å². The molecule has 4 saturated carbocycles. The second-order valence-electron chi connectivity index (χ2n) is 13.0. The van der Waals surface area contributed by atoms with Crippen LogP contribution in [-0.4, -0.2) is 22.8 Å². The molecule has 1 heterocycles. The molecule has 0 saturated heterocycles. The quantitative estimate of drug-likeness (QED) is 0.569. The zero-order chi connectivity index (χ0) is 22.7. The van der Waals surface area contributed by atoms with Gasteiger partial charge in [-0.3, -0.25) is 4.98 Å². The topological polar surface area (TPSA) is 42.4 Å². The summed E-state index contributed by atoms with van der Waals surface area (Å²) in [7, 11) is 1.73. The highest BCUT2D eigenvalue weighted by Gasteiger charge is 2.61. The predicted molar refractivity (Wildman–Crippen MR) is 129 cm³/mol. The summed E-state index contributed by atoms with van der Waals surface area (Å²) in [5, 5.41) is 10.8. The third kappa shape index (κ3) is 3.62. The van der Waals surface area contributed by atoms with Gasteiger partial charge >= 0.3 is 0 Å². The average Bonchev–Trinajstić information content (AvgIpc) is 3.11. The fourth-order valence-electron chi connectivity index (χ4n) is 9.61. The maximum atomic E-state index is 10.8. The van der Waals surface area contributed by atoms with Crippen molar-refractivity contribution in [2.24, 2.45) is 46.3 Å². The van der Waals surface area contributed by atoms with E-state index in [1.807, 2.05) is 12.4 Å². The fraction of sp³-hybridized carbons (Fsp3) is 0.828. The number of methoxy groups -OCH3 is 1. The SMILES string of the molecule is COc1cncc(C[C@@H](C)[C@H]2CC[C@H]3[C@@H]4CC[C@@H]5C[C@](C)(O)CC[C@]5(C)[C@H]4CC[C@]23C)c1. The Balaban J connectivity index is 1.32. The van der Waals surface area contributed by atoms with Crippen molar-refractivity contribution in [1.82, 2.24) is 4.98 Å². The smallest absolute Gasteiger partial charge is 0.137 e. The molecule has 0 bridgehead atoms. The van der Waals surface area contributed by atoms with Crippen LogP contribution < -0.4 is 4.74 Å². The Bertz CT molecular complexity index is 836. The Labute approximate surface area is 195 Å². The van der Waals surface area contributed by atoms with E-state index in [1.165, 1.54) is 50.5 Å². The van der Waals surface area contributed by atoms with Gasteiger partial charge in [0.2, 0.25) is 0 Å². The van der Waals surface area contributed by atoms with E-state index in [1.54, 1.807) is 7.11 Å². The van der Waals surface area contributed by atoms with Gasteiger partial charge in [-0.1, -0.05) is 20.8 Å². The van der Waals surface area contributed by atoms with E-state index in [0.717, 1.165) is 54.6 Å². The minimum Gasteiger partial charge on any atom is -0.495 e. The molecule has 4 aliphatic carbocycles. The van der Waals surface area contributed by atoms with E-state index in [9.17, 15) is 5.11 Å². The second kappa shape index (κ2) is 8.00. The molecule has 4 fully saturated rings. The molecule has 0 radical (unpaired) electrons. The van der Waals surface area contributed by atoms with Crippen molar-refractivity contribution in [2.45, 2.75) is 97.5 Å². The van der Waals surface area contributed by atoms with Crippen LogP contribution in [0.5, 0.6) is 5.75 Å². The van der Waals surface area contributed by atoms with Crippen LogP contribution in [0.2, 0.25) is 0 Å². The predicted octanol–water partition coefficient (Wildman–Crippen LogP) is 6.68. The molecule has 1 aromatic heterocycles. The molecular formula is C29H45NO2. The maximum Gasteiger partial charge on any atom is 0.137 e. The van der Waals surface area contributed by atoms with Gasteiger partial charge in [-0.15, -0.1) is 0 Å². The molecular weight excluding hydrogens is 394 g/mol. The van der Waals surface area contributed by atoms with Gasteiger partial charge in [0.05, 0.1) is 18.9 Å². The zero-order valence-corrected chi connectivity index (χ0v) is 21.1. The summed E-state index contributed by atoms with van der Waals surface area (Å²) in [6.07, 6.45) is 16.6. The Morgan fingerprint density at radius 2 is 1.78 bits per heavy atom. The number of fused-ring (bicyclic) bond motifs is 5. The van der Waals surface area contributed by atoms with Crippen molar-refractivity contribution in [2.75, 3.05) is 7.11 Å². The van der Waals surface area contributed by atoms with Crippen molar-refractivity contribution in [3.05, 3.63) is 24.0 Å². The average molecular weight is 440 g/mol. The summed E-state index contributed by atoms with van der Waals surface area (Å²) in [5.74, 6) is 5.80. The minimum absolute atomic E-state index is 0.428. The van der Waals surface area contributed by atoms with Gasteiger partial charge in [0.1, 0.15) is 5.75 Å². The van der Waals surface area contributed by atoms with E-state index >= 15 is 0 Å². The van der Waals surface area contributed by atoms with Crippen LogP contribution in [0.4, 0.5) is 0 Å². The summed E-state index contributed by atoms with van der Waals surface area (Å²) < 4.78 is 5.41. The van der Waals surface area contributed by atoms with Gasteiger partial charge in [-0.05, 0) is 129 Å². The normalized spacial score (nSPS) is 46.6. The Kier molecular flexibility index (Phi) is 5.67. The van der Waals surface area contributed by atoms with Crippen molar-refractivity contribution >= 4 is 0 Å². The maximum absolute atomic E-state index is 10.8. The van der Waals surface area contributed by atoms with Gasteiger partial charge in [0.25, 0.3) is 0 Å². The number of ether oxygens (including phenoxy) is 1. The number of pyridine rings is 1. The monoisotopic (exact) mass is 439 g/mol. The lowest BCUT2D eigenvalue weighted by Crippen LogP contribution is -2.55. The van der Waals surface area contributed by atoms with Crippen molar-refractivity contribution in [1.29, 1.82) is 0 Å². The Morgan fingerprint density at radius 3 is 2.56 bits per heavy atom. The number of hydrogen-bond acceptors (Lipinski definition) is 3. The molecule has 5 rings (SSSR count). The zero-order valence-electron chi connectivity index (χ0n) is 21.1. The number of aliphatic hydroxyl groups is 1. The molecule has 9 atom stereocenters. The number of rotatable bonds is 4. The highest BCUT2D eigenvalue weighted by molar-refractivity contribution is 5.24. The van der Waals surface area contributed by atoms with Crippen molar-refractivity contribution in [3.8, 4) is 5.75 Å². The molecule has 0 spiro atoms. The number of nitrogens with zero attached hydrogens (tertiary/aromatic N) is 1. The van der Waals surface area contributed by atoms with Gasteiger partial charge in [0.15, 0.2) is 0 Å². The molecule has 0 aromatic carbocycles. The number of hydrogen-bond donors (Lipinski definition) is 1. The van der Waals surface area contributed by atoms with Crippen LogP contribution in [0.3, 0.4) is 0 Å². The molecule has 0 aliphatic heterocycles. The van der Waals surface area contributed by atoms with Crippen LogP contribution in [0, 0.1) is 46.3 Å². The first-order chi connectivity index (χ1) is 15.2. The van der Waals surface area contributed by atoms with Crippen LogP contribution in [0.25, 0.3) is 0 Å². The molecule has 3 heteroatoms. The van der Waals surface area contributed by atoms with Crippen LogP contribution in [0.1, 0.15) is 91.0 Å². The lowest BCUT2D eigenvalue weighted by atomic mass is 9.43. The summed E-state index contributed by atoms with van der Waals surface area (Å²) in [6, 6.07) is 2.18. The van der Waals surface area contributed by atoms with E-state index in [4.69, 9.17) is 4.74 Å². The third-order valence-corrected chi connectivity index (χ3v) is 11.3. The lowest BCUT2D eigenvalue weighted by Gasteiger charge is -2.62. The molecule has 0 amide bonds. The highest BCUT2D eigenvalue weighted by Crippen LogP contribution is 2.68. The second-order valence-corrected chi connectivity index (χ2v) is 13.0. The van der Waals surface area contributed by atoms with Gasteiger partial charge in [-0.25, -0.2) is 0 Å². The molecule has 178 valence electrons. The standard InChI is InChI=1S/C29H45NO2/c1-19(14-20-15-22(32-5)18-30-17-20)24-8-9-25-23-7-6-21-16-27(2,31)12-13-28(21,3)26(23)10-11-29(24,25)4/h15,17-19,21,23-26,31H,6-14,16H2,1-5H3/t19-,21-,23+,24-,25+,26+,27-,28+,29-/m1/s1. The molecule has 3 nitrogen and oxygen atoms in total. The molecule has 0 unspecified atom stereocenters. The molecule has 4 aliphatic rings. The summed E-state index contributed by atoms with van der Waals surface area (Å²) in [5.41, 5.74) is 1.85. The third-order valence-electron chi connectivity index (χ3n) is 11.3. The summed E-state index contributed by atoms with van der Waals surface area (Å²) in [6.45, 7) is 9.84.